The highest BCUT2D eigenvalue weighted by Crippen LogP contribution is 2.06. The Kier molecular flexibility index (Phi) is 1.43. The maximum atomic E-state index is 10.6. The lowest BCUT2D eigenvalue weighted by Gasteiger charge is -1.99. The predicted molar refractivity (Wildman–Crippen MR) is 47.3 cm³/mol. The van der Waals surface area contributed by atoms with Crippen molar-refractivity contribution in [2.75, 3.05) is 0 Å². The molecule has 2 nitrogen and oxygen atoms in total. The number of hydrogen-bond donors (Lipinski definition) is 0. The standard InChI is InChI=1S/C8H10O2Si/c1-6(9)10-7-2-4-8(11)5-3-7/h2-5H,1,11H3/i11T3. The molecule has 0 bridgehead atoms. The molecule has 0 amide bonds. The van der Waals surface area contributed by atoms with E-state index in [9.17, 15) is 4.79 Å². The van der Waals surface area contributed by atoms with E-state index in [1.807, 2.05) is 0 Å². The summed E-state index contributed by atoms with van der Waals surface area (Å²) >= 11 is 0. The number of benzene rings is 1. The molecule has 0 heterocycles. The van der Waals surface area contributed by atoms with Gasteiger partial charge in [-0.15, -0.1) is 0 Å². The Morgan fingerprint density at radius 1 is 1.55 bits per heavy atom. The second kappa shape index (κ2) is 3.34. The van der Waals surface area contributed by atoms with Crippen LogP contribution >= 0.6 is 0 Å². The molecule has 0 aliphatic carbocycles. The minimum absolute atomic E-state index is 0.369. The maximum absolute atomic E-state index is 10.6. The van der Waals surface area contributed by atoms with Crippen molar-refractivity contribution in [2.45, 2.75) is 6.92 Å². The van der Waals surface area contributed by atoms with Crippen LogP contribution in [0.1, 0.15) is 6.92 Å². The van der Waals surface area contributed by atoms with Crippen molar-refractivity contribution >= 4 is 21.2 Å². The largest absolute Gasteiger partial charge is 0.427 e. The van der Waals surface area contributed by atoms with Crippen molar-refractivity contribution in [3.8, 4) is 5.75 Å². The van der Waals surface area contributed by atoms with Crippen molar-refractivity contribution < 1.29 is 9.53 Å². The lowest BCUT2D eigenvalue weighted by molar-refractivity contribution is -0.131. The fraction of sp³-hybridized carbons (Fsp3) is 0.125. The molecule has 58 valence electrons. The molecule has 0 spiro atoms. The summed E-state index contributed by atoms with van der Waals surface area (Å²) in [5.41, 5.74) is 0. The van der Waals surface area contributed by atoms with E-state index in [1.165, 1.54) is 31.2 Å². The van der Waals surface area contributed by atoms with Gasteiger partial charge in [0, 0.05) is 20.7 Å². The smallest absolute Gasteiger partial charge is 0.308 e. The first kappa shape index (κ1) is 4.72. The highest BCUT2D eigenvalue weighted by Gasteiger charge is 1.94. The van der Waals surface area contributed by atoms with Crippen LogP contribution in [0.15, 0.2) is 24.3 Å². The lowest BCUT2D eigenvalue weighted by atomic mass is 10.3. The van der Waals surface area contributed by atoms with Gasteiger partial charge < -0.3 is 4.74 Å². The first-order valence-corrected chi connectivity index (χ1v) is 3.68. The van der Waals surface area contributed by atoms with Crippen molar-refractivity contribution in [3.63, 3.8) is 0 Å². The first-order valence-electron chi connectivity index (χ1n) is 4.68. The van der Waals surface area contributed by atoms with Crippen molar-refractivity contribution in [2.24, 2.45) is 0 Å². The molecule has 1 rings (SSSR count). The van der Waals surface area contributed by atoms with Crippen LogP contribution in [0.5, 0.6) is 5.75 Å². The van der Waals surface area contributed by atoms with Crippen LogP contribution in [0.2, 0.25) is 0 Å². The topological polar surface area (TPSA) is 26.3 Å². The normalized spacial score (nSPS) is 14.5. The van der Waals surface area contributed by atoms with E-state index in [0.29, 0.717) is 10.9 Å². The minimum Gasteiger partial charge on any atom is -0.427 e. The fourth-order valence-corrected chi connectivity index (χ4v) is 0.856. The summed E-state index contributed by atoms with van der Waals surface area (Å²) in [4.78, 5) is 10.6. The predicted octanol–water partition coefficient (Wildman–Crippen LogP) is -0.397. The van der Waals surface area contributed by atoms with Crippen LogP contribution in [0.25, 0.3) is 0 Å². The van der Waals surface area contributed by atoms with Crippen LogP contribution in [-0.2, 0) is 4.79 Å². The van der Waals surface area contributed by atoms with Crippen LogP contribution in [-0.4, -0.2) is 19.7 Å². The van der Waals surface area contributed by atoms with Gasteiger partial charge in [0.1, 0.15) is 5.75 Å². The molecular weight excluding hydrogens is 156 g/mol. The molecule has 0 radical (unpaired) electrons. The van der Waals surface area contributed by atoms with Crippen LogP contribution in [0.3, 0.4) is 0 Å². The summed E-state index contributed by atoms with van der Waals surface area (Å²) in [5, 5.41) is 0.369. The van der Waals surface area contributed by atoms with Crippen LogP contribution in [0.4, 0.5) is 0 Å². The quantitative estimate of drug-likeness (QED) is 0.345. The molecule has 1 aromatic rings. The zero-order valence-corrected chi connectivity index (χ0v) is 7.13. The monoisotopic (exact) mass is 172 g/mol. The molecular formula is C8H10O2Si. The van der Waals surface area contributed by atoms with Gasteiger partial charge in [-0.2, -0.15) is 0 Å². The molecule has 11 heavy (non-hydrogen) atoms. The van der Waals surface area contributed by atoms with E-state index in [2.05, 4.69) is 0 Å². The number of carbonyl (C=O) groups is 1. The Labute approximate surface area is 72.3 Å². The lowest BCUT2D eigenvalue weighted by Crippen LogP contribution is -2.04. The molecule has 0 aliphatic rings. The summed E-state index contributed by atoms with van der Waals surface area (Å²) in [6, 6.07) is 5.96. The first-order chi connectivity index (χ1) is 6.39. The van der Waals surface area contributed by atoms with Crippen molar-refractivity contribution in [1.82, 2.24) is 0 Å². The summed E-state index contributed by atoms with van der Waals surface area (Å²) in [5.74, 6) is -0.0385. The Balaban J connectivity index is 2.84. The zero-order chi connectivity index (χ0) is 10.8. The van der Waals surface area contributed by atoms with E-state index in [0.717, 1.165) is 0 Å². The van der Waals surface area contributed by atoms with Crippen molar-refractivity contribution in [1.29, 1.82) is 3.70 Å². The van der Waals surface area contributed by atoms with Gasteiger partial charge in [0.15, 0.2) is 0 Å². The maximum Gasteiger partial charge on any atom is 0.308 e. The molecule has 0 saturated carbocycles. The minimum atomic E-state index is -3.49. The third-order valence-electron chi connectivity index (χ3n) is 1.12. The Hall–Kier alpha value is -1.09. The Morgan fingerprint density at radius 3 is 2.64 bits per heavy atom. The van der Waals surface area contributed by atoms with Gasteiger partial charge in [0.2, 0.25) is 0 Å². The third-order valence-corrected chi connectivity index (χ3v) is 1.45. The molecule has 0 aliphatic heterocycles. The van der Waals surface area contributed by atoms with E-state index < -0.39 is 16.0 Å². The molecule has 0 aromatic heterocycles. The van der Waals surface area contributed by atoms with E-state index in [4.69, 9.17) is 8.44 Å². The number of ether oxygens (including phenoxy) is 1. The third kappa shape index (κ3) is 2.55. The van der Waals surface area contributed by atoms with Gasteiger partial charge in [-0.3, -0.25) is 4.79 Å². The molecule has 0 unspecified atom stereocenters. The Morgan fingerprint density at radius 2 is 2.18 bits per heavy atom. The fourth-order valence-electron chi connectivity index (χ4n) is 0.689. The van der Waals surface area contributed by atoms with Crippen LogP contribution in [0, 0.1) is 0 Å². The summed E-state index contributed by atoms with van der Waals surface area (Å²) < 4.78 is 26.5. The van der Waals surface area contributed by atoms with Gasteiger partial charge in [-0.25, -0.2) is 0 Å². The second-order valence-electron chi connectivity index (χ2n) is 2.12. The average molecular weight is 172 g/mol. The molecule has 1 aromatic carbocycles. The van der Waals surface area contributed by atoms with Gasteiger partial charge in [-0.05, 0) is 12.1 Å². The average Bonchev–Trinajstić information content (AvgIpc) is 2.02. The van der Waals surface area contributed by atoms with Gasteiger partial charge >= 0.3 is 5.97 Å². The molecule has 0 N–H and O–H groups in total. The molecule has 0 fully saturated rings. The summed E-state index contributed by atoms with van der Waals surface area (Å²) in [7, 11) is -3.49. The number of hydrogen-bond acceptors (Lipinski definition) is 2. The van der Waals surface area contributed by atoms with Crippen LogP contribution < -0.4 is 9.92 Å². The van der Waals surface area contributed by atoms with E-state index in [1.54, 1.807) is 0 Å². The van der Waals surface area contributed by atoms with E-state index in [-0.39, 0.29) is 0 Å². The summed E-state index contributed by atoms with van der Waals surface area (Å²) in [6.07, 6.45) is 0. The van der Waals surface area contributed by atoms with Crippen molar-refractivity contribution in [3.05, 3.63) is 24.3 Å². The Bertz CT molecular complexity index is 331. The van der Waals surface area contributed by atoms with Gasteiger partial charge in [-0.1, -0.05) is 17.3 Å². The number of rotatable bonds is 2. The van der Waals surface area contributed by atoms with Gasteiger partial charge in [0.05, 0.1) is 0 Å². The highest BCUT2D eigenvalue weighted by atomic mass is 28.1. The molecule has 0 atom stereocenters. The molecule has 3 heteroatoms. The second-order valence-corrected chi connectivity index (χ2v) is 2.70. The number of esters is 1. The molecule has 0 saturated heterocycles. The van der Waals surface area contributed by atoms with Gasteiger partial charge in [0.25, 0.3) is 0 Å². The van der Waals surface area contributed by atoms with E-state index >= 15 is 0 Å². The number of carbonyl (C=O) groups excluding carboxylic acids is 1. The summed E-state index contributed by atoms with van der Waals surface area (Å²) in [6.45, 7) is 1.30. The highest BCUT2D eigenvalue weighted by molar-refractivity contribution is 6.32. The zero-order valence-electron chi connectivity index (χ0n) is 9.13. The SMILES string of the molecule is [3H][Si]([3H])([3H])c1ccc(OC(C)=O)cc1.